The fourth-order valence-electron chi connectivity index (χ4n) is 11.1. The minimum Gasteiger partial charge on any atom is -0.465 e. The van der Waals surface area contributed by atoms with Crippen molar-refractivity contribution >= 4 is 11.9 Å². The van der Waals surface area contributed by atoms with Gasteiger partial charge in [-0.2, -0.15) is 0 Å². The van der Waals surface area contributed by atoms with E-state index in [-0.39, 0.29) is 19.6 Å². The summed E-state index contributed by atoms with van der Waals surface area (Å²) in [6.45, 7) is 1.21. The van der Waals surface area contributed by atoms with E-state index in [0.29, 0.717) is 6.42 Å². The molecule has 0 aromatic carbocycles. The van der Waals surface area contributed by atoms with Crippen molar-refractivity contribution in [1.29, 1.82) is 0 Å². The molecule has 0 aromatic rings. The fraction of sp³-hybridized carbons (Fsp3) is 0.940. The number of carbonyl (C=O) groups is 2. The number of cyclic esters (lactones) is 2. The zero-order chi connectivity index (χ0) is 52.5. The van der Waals surface area contributed by atoms with Crippen LogP contribution in [-0.2, 0) is 19.1 Å². The Balaban J connectivity index is 1.68. The van der Waals surface area contributed by atoms with Gasteiger partial charge in [0.1, 0.15) is 13.2 Å². The Kier molecular flexibility index (Phi) is 54.2. The summed E-state index contributed by atoms with van der Waals surface area (Å²) in [5.41, 5.74) is -1.12. The van der Waals surface area contributed by atoms with Crippen LogP contribution < -0.4 is 0 Å². The molecule has 1 atom stereocenters. The number of rotatable bonds is 58. The molecule has 0 aromatic heterocycles. The number of allylic oxidation sites excluding steroid dienone is 2. The highest BCUT2D eigenvalue weighted by atomic mass is 16.6. The largest absolute Gasteiger partial charge is 0.465 e. The van der Waals surface area contributed by atoms with Crippen LogP contribution in [0.3, 0.4) is 0 Å². The molecule has 73 heavy (non-hydrogen) atoms. The Hall–Kier alpha value is -1.40. The molecule has 0 radical (unpaired) electrons. The number of unbranched alkanes of at least 4 members (excludes halogenated alkanes) is 52. The maximum Gasteiger partial charge on any atom is 0.309 e. The summed E-state index contributed by atoms with van der Waals surface area (Å²) in [5.74, 6) is -1.40. The number of hydrogen-bond acceptors (Lipinski definition) is 6. The van der Waals surface area contributed by atoms with Gasteiger partial charge >= 0.3 is 11.9 Å². The van der Waals surface area contributed by atoms with E-state index in [1.165, 1.54) is 327 Å². The first kappa shape index (κ1) is 69.6. The summed E-state index contributed by atoms with van der Waals surface area (Å²) in [7, 11) is 0. The predicted molar refractivity (Wildman–Crippen MR) is 315 cm³/mol. The Labute approximate surface area is 455 Å². The second-order valence-electron chi connectivity index (χ2n) is 23.9. The molecule has 1 aliphatic rings. The average molecular weight is 1030 g/mol. The van der Waals surface area contributed by atoms with Crippen molar-refractivity contribution < 1.29 is 29.3 Å². The van der Waals surface area contributed by atoms with Crippen molar-refractivity contribution in [3.8, 4) is 0 Å². The Morgan fingerprint density at radius 1 is 0.356 bits per heavy atom. The predicted octanol–water partition coefficient (Wildman–Crippen LogP) is 21.1. The lowest BCUT2D eigenvalue weighted by molar-refractivity contribution is -0.155. The van der Waals surface area contributed by atoms with Gasteiger partial charge in [-0.1, -0.05) is 340 Å². The number of hydrogen-bond donors (Lipinski definition) is 2. The third-order valence-electron chi connectivity index (χ3n) is 16.5. The molecule has 0 bridgehead atoms. The second kappa shape index (κ2) is 56.8. The van der Waals surface area contributed by atoms with Crippen LogP contribution in [0.5, 0.6) is 0 Å². The highest BCUT2D eigenvalue weighted by Crippen LogP contribution is 2.25. The van der Waals surface area contributed by atoms with Gasteiger partial charge in [0.2, 0.25) is 0 Å². The lowest BCUT2D eigenvalue weighted by Gasteiger charge is -2.27. The molecule has 0 aliphatic carbocycles. The van der Waals surface area contributed by atoms with E-state index in [9.17, 15) is 19.8 Å². The van der Waals surface area contributed by atoms with Crippen molar-refractivity contribution in [3.63, 3.8) is 0 Å². The molecule has 0 amide bonds. The van der Waals surface area contributed by atoms with Gasteiger partial charge in [0.15, 0.2) is 0 Å². The van der Waals surface area contributed by atoms with E-state index in [1.54, 1.807) is 0 Å². The maximum absolute atomic E-state index is 12.5. The van der Waals surface area contributed by atoms with Crippen LogP contribution >= 0.6 is 0 Å². The third kappa shape index (κ3) is 48.7. The summed E-state index contributed by atoms with van der Waals surface area (Å²) in [6, 6.07) is 0. The lowest BCUT2D eigenvalue weighted by Crippen LogP contribution is -2.40. The molecule has 1 fully saturated rings. The van der Waals surface area contributed by atoms with Crippen LogP contribution in [0.1, 0.15) is 366 Å². The highest BCUT2D eigenvalue weighted by molar-refractivity contribution is 5.80. The van der Waals surface area contributed by atoms with Crippen molar-refractivity contribution in [3.05, 3.63) is 12.2 Å². The normalized spacial score (nSPS) is 15.2. The Bertz CT molecular complexity index is 1150. The molecule has 1 unspecified atom stereocenters. The molecule has 6 nitrogen and oxygen atoms in total. The molecule has 0 saturated carbocycles. The van der Waals surface area contributed by atoms with Crippen LogP contribution in [0.25, 0.3) is 0 Å². The molecule has 1 rings (SSSR count). The van der Waals surface area contributed by atoms with Gasteiger partial charge in [-0.15, -0.1) is 0 Å². The summed E-state index contributed by atoms with van der Waals surface area (Å²) in [4.78, 5) is 24.7. The van der Waals surface area contributed by atoms with Crippen molar-refractivity contribution in [2.75, 3.05) is 26.4 Å². The molecule has 0 spiro atoms. The standard InChI is InChI=1S/C67H128O6/c1-2-3-4-5-6-7-8-9-10-11-12-13-14-15-16-17-18-19-20-21-22-23-24-25-26-27-28-29-30-31-32-33-34-35-36-37-38-39-40-41-42-43-44-45-46-47-48-49-50-51-52-53-54-55-56-57-58-64-59-65(70)72-62-67(60-68,61-69)63-73-66(64)71/h28-29,64,68-69H,2-27,30-63H2,1H3/b29-28+. The van der Waals surface area contributed by atoms with Crippen LogP contribution in [0.15, 0.2) is 12.2 Å². The maximum atomic E-state index is 12.5. The van der Waals surface area contributed by atoms with Gasteiger partial charge in [-0.05, 0) is 32.1 Å². The molecule has 432 valence electrons. The first-order valence-electron chi connectivity index (χ1n) is 33.3. The summed E-state index contributed by atoms with van der Waals surface area (Å²) in [6.07, 6.45) is 81.6. The van der Waals surface area contributed by atoms with Crippen molar-refractivity contribution in [1.82, 2.24) is 0 Å². The van der Waals surface area contributed by atoms with Gasteiger partial charge in [-0.3, -0.25) is 9.59 Å². The van der Waals surface area contributed by atoms with E-state index < -0.39 is 36.5 Å². The molecular formula is C67H128O6. The zero-order valence-corrected chi connectivity index (χ0v) is 49.2. The SMILES string of the molecule is CCCCCCCCCCCCCCCCCCCCCCCCCCC/C=C/CCCCCCCCCCCCCCCCCCCCCCCCCCCCCC1CC(=O)OCC(CO)(CO)COC1=O. The molecule has 1 heterocycles. The monoisotopic (exact) mass is 1030 g/mol. The minimum absolute atomic E-state index is 0.00464. The molecule has 6 heteroatoms. The van der Waals surface area contributed by atoms with Crippen molar-refractivity contribution in [2.24, 2.45) is 11.3 Å². The number of esters is 2. The van der Waals surface area contributed by atoms with Crippen molar-refractivity contribution in [2.45, 2.75) is 366 Å². The number of carbonyl (C=O) groups excluding carboxylic acids is 2. The fourth-order valence-corrected chi connectivity index (χ4v) is 11.1. The van der Waals surface area contributed by atoms with Gasteiger partial charge in [-0.25, -0.2) is 0 Å². The van der Waals surface area contributed by atoms with E-state index in [1.807, 2.05) is 0 Å². The van der Waals surface area contributed by atoms with E-state index >= 15 is 0 Å². The molecule has 1 saturated heterocycles. The number of ether oxygens (including phenoxy) is 2. The summed E-state index contributed by atoms with van der Waals surface area (Å²) >= 11 is 0. The van der Waals surface area contributed by atoms with Gasteiger partial charge in [0, 0.05) is 0 Å². The third-order valence-corrected chi connectivity index (χ3v) is 16.5. The quantitative estimate of drug-likeness (QED) is 0.0358. The highest BCUT2D eigenvalue weighted by Gasteiger charge is 2.36. The average Bonchev–Trinajstić information content (AvgIpc) is 3.46. The van der Waals surface area contributed by atoms with Gasteiger partial charge in [0.05, 0.1) is 31.0 Å². The van der Waals surface area contributed by atoms with Gasteiger partial charge in [0.25, 0.3) is 0 Å². The lowest BCUT2D eigenvalue weighted by atomic mass is 9.92. The number of aliphatic hydroxyl groups excluding tert-OH is 2. The molecule has 1 aliphatic heterocycles. The topological polar surface area (TPSA) is 93.1 Å². The smallest absolute Gasteiger partial charge is 0.309 e. The van der Waals surface area contributed by atoms with E-state index in [0.717, 1.165) is 19.3 Å². The first-order valence-corrected chi connectivity index (χ1v) is 33.3. The summed E-state index contributed by atoms with van der Waals surface area (Å²) in [5, 5.41) is 19.2. The Morgan fingerprint density at radius 3 is 0.849 bits per heavy atom. The van der Waals surface area contributed by atoms with Crippen LogP contribution in [0, 0.1) is 11.3 Å². The zero-order valence-electron chi connectivity index (χ0n) is 49.2. The minimum atomic E-state index is -1.12. The van der Waals surface area contributed by atoms with Crippen LogP contribution in [0.2, 0.25) is 0 Å². The van der Waals surface area contributed by atoms with Crippen LogP contribution in [0.4, 0.5) is 0 Å². The Morgan fingerprint density at radius 2 is 0.589 bits per heavy atom. The van der Waals surface area contributed by atoms with Gasteiger partial charge < -0.3 is 19.7 Å². The second-order valence-corrected chi connectivity index (χ2v) is 23.9. The van der Waals surface area contributed by atoms with E-state index in [2.05, 4.69) is 19.1 Å². The molecule has 2 N–H and O–H groups in total. The summed E-state index contributed by atoms with van der Waals surface area (Å²) < 4.78 is 10.6. The first-order chi connectivity index (χ1) is 36.1. The molecular weight excluding hydrogens is 901 g/mol. The number of aliphatic hydroxyl groups is 2. The van der Waals surface area contributed by atoms with Crippen LogP contribution in [-0.4, -0.2) is 48.6 Å². The van der Waals surface area contributed by atoms with E-state index in [4.69, 9.17) is 9.47 Å².